The molecule has 0 atom stereocenters. The van der Waals surface area contributed by atoms with Gasteiger partial charge in [-0.2, -0.15) is 0 Å². The van der Waals surface area contributed by atoms with E-state index in [0.29, 0.717) is 13.1 Å². The van der Waals surface area contributed by atoms with E-state index < -0.39 is 0 Å². The normalized spacial score (nSPS) is 11.5. The van der Waals surface area contributed by atoms with Crippen LogP contribution in [0.4, 0.5) is 0 Å². The summed E-state index contributed by atoms with van der Waals surface area (Å²) in [5.74, 6) is 1.96. The highest BCUT2D eigenvalue weighted by Crippen LogP contribution is 2.24. The lowest BCUT2D eigenvalue weighted by molar-refractivity contribution is 0.633. The fourth-order valence-corrected chi connectivity index (χ4v) is 3.33. The van der Waals surface area contributed by atoms with Crippen LogP contribution in [0.25, 0.3) is 0 Å². The molecule has 3 aromatic rings. The first-order chi connectivity index (χ1) is 14.8. The van der Waals surface area contributed by atoms with Gasteiger partial charge in [0.15, 0.2) is 5.96 Å². The van der Waals surface area contributed by atoms with Crippen molar-refractivity contribution in [3.8, 4) is 0 Å². The van der Waals surface area contributed by atoms with Crippen LogP contribution in [0.3, 0.4) is 0 Å². The molecule has 0 bridgehead atoms. The summed E-state index contributed by atoms with van der Waals surface area (Å²) < 4.78 is 2.06. The molecule has 0 aliphatic heterocycles. The van der Waals surface area contributed by atoms with Crippen molar-refractivity contribution in [1.29, 1.82) is 0 Å². The molecule has 6 heteroatoms. The van der Waals surface area contributed by atoms with E-state index in [1.165, 1.54) is 11.1 Å². The molecule has 0 fully saturated rings. The molecule has 0 aliphatic rings. The standard InChI is InChI=1S/C24H30N6/c1-3-15-25-24(26-16-17-30-19-28-29-23(30)4-2)27-18-22(20-11-7-5-8-12-20)21-13-9-6-10-14-21/h3,5-14,19,22H,1,4,15-18H2,2H3,(H2,25,26,27). The maximum atomic E-state index is 4.88. The molecule has 6 nitrogen and oxygen atoms in total. The van der Waals surface area contributed by atoms with Gasteiger partial charge in [0, 0.05) is 32.0 Å². The first-order valence-electron chi connectivity index (χ1n) is 10.4. The van der Waals surface area contributed by atoms with E-state index in [1.54, 1.807) is 6.33 Å². The first kappa shape index (κ1) is 21.3. The topological polar surface area (TPSA) is 67.1 Å². The van der Waals surface area contributed by atoms with Crippen LogP contribution in [0, 0.1) is 0 Å². The average Bonchev–Trinajstić information content (AvgIpc) is 3.26. The van der Waals surface area contributed by atoms with Crippen LogP contribution >= 0.6 is 0 Å². The van der Waals surface area contributed by atoms with Crippen molar-refractivity contribution in [3.05, 3.63) is 96.6 Å². The molecule has 2 aromatic carbocycles. The highest BCUT2D eigenvalue weighted by molar-refractivity contribution is 5.80. The summed E-state index contributed by atoms with van der Waals surface area (Å²) in [5.41, 5.74) is 2.51. The van der Waals surface area contributed by atoms with Crippen LogP contribution in [0.5, 0.6) is 0 Å². The summed E-state index contributed by atoms with van der Waals surface area (Å²) in [4.78, 5) is 4.88. The molecule has 3 rings (SSSR count). The number of nitrogens with zero attached hydrogens (tertiary/aromatic N) is 4. The molecule has 2 N–H and O–H groups in total. The minimum absolute atomic E-state index is 0.194. The van der Waals surface area contributed by atoms with Crippen LogP contribution in [-0.2, 0) is 13.0 Å². The number of hydrogen-bond donors (Lipinski definition) is 2. The number of rotatable bonds is 10. The second kappa shape index (κ2) is 11.6. The summed E-state index contributed by atoms with van der Waals surface area (Å²) in [6.45, 7) is 8.70. The number of guanidine groups is 1. The molecule has 0 saturated heterocycles. The van der Waals surface area contributed by atoms with Gasteiger partial charge in [-0.05, 0) is 11.1 Å². The van der Waals surface area contributed by atoms with Crippen molar-refractivity contribution < 1.29 is 0 Å². The third-order valence-corrected chi connectivity index (χ3v) is 4.91. The Bertz CT molecular complexity index is 878. The zero-order valence-electron chi connectivity index (χ0n) is 17.5. The van der Waals surface area contributed by atoms with Gasteiger partial charge in [0.2, 0.25) is 0 Å². The maximum absolute atomic E-state index is 4.88. The summed E-state index contributed by atoms with van der Waals surface area (Å²) in [5, 5.41) is 14.9. The molecule has 0 saturated carbocycles. The molecule has 0 spiro atoms. The molecular formula is C24H30N6. The summed E-state index contributed by atoms with van der Waals surface area (Å²) >= 11 is 0. The Balaban J connectivity index is 1.71. The van der Waals surface area contributed by atoms with E-state index in [0.717, 1.165) is 31.3 Å². The van der Waals surface area contributed by atoms with E-state index in [4.69, 9.17) is 4.99 Å². The highest BCUT2D eigenvalue weighted by Gasteiger charge is 2.14. The zero-order valence-corrected chi connectivity index (χ0v) is 17.5. The number of hydrogen-bond acceptors (Lipinski definition) is 3. The third-order valence-electron chi connectivity index (χ3n) is 4.91. The lowest BCUT2D eigenvalue weighted by atomic mass is 9.91. The minimum Gasteiger partial charge on any atom is -0.355 e. The third kappa shape index (κ3) is 6.04. The monoisotopic (exact) mass is 402 g/mol. The lowest BCUT2D eigenvalue weighted by Gasteiger charge is -2.18. The largest absolute Gasteiger partial charge is 0.355 e. The Morgan fingerprint density at radius 2 is 1.73 bits per heavy atom. The van der Waals surface area contributed by atoms with Gasteiger partial charge < -0.3 is 15.2 Å². The van der Waals surface area contributed by atoms with Gasteiger partial charge in [-0.1, -0.05) is 73.7 Å². The van der Waals surface area contributed by atoms with E-state index in [-0.39, 0.29) is 5.92 Å². The lowest BCUT2D eigenvalue weighted by Crippen LogP contribution is -2.39. The predicted octanol–water partition coefficient (Wildman–Crippen LogP) is 3.39. The van der Waals surface area contributed by atoms with Gasteiger partial charge >= 0.3 is 0 Å². The van der Waals surface area contributed by atoms with Gasteiger partial charge in [0.05, 0.1) is 6.54 Å². The summed E-state index contributed by atoms with van der Waals surface area (Å²) in [7, 11) is 0. The van der Waals surface area contributed by atoms with Crippen LogP contribution < -0.4 is 10.6 Å². The van der Waals surface area contributed by atoms with E-state index >= 15 is 0 Å². The van der Waals surface area contributed by atoms with E-state index in [9.17, 15) is 0 Å². The number of benzene rings is 2. The SMILES string of the molecule is C=CCNC(=NCC(c1ccccc1)c1ccccc1)NCCn1cnnc1CC. The van der Waals surface area contributed by atoms with Gasteiger partial charge in [0.1, 0.15) is 12.2 Å². The number of aryl methyl sites for hydroxylation is 1. The van der Waals surface area contributed by atoms with Crippen LogP contribution in [0.15, 0.2) is 84.6 Å². The molecule has 0 amide bonds. The fraction of sp³-hybridized carbons (Fsp3) is 0.292. The van der Waals surface area contributed by atoms with Crippen LogP contribution in [-0.4, -0.2) is 40.4 Å². The molecule has 30 heavy (non-hydrogen) atoms. The Morgan fingerprint density at radius 3 is 2.33 bits per heavy atom. The molecule has 0 aliphatic carbocycles. The number of aliphatic imine (C=N–C) groups is 1. The summed E-state index contributed by atoms with van der Waals surface area (Å²) in [6, 6.07) is 21.1. The number of nitrogens with one attached hydrogen (secondary N) is 2. The molecule has 156 valence electrons. The second-order valence-electron chi connectivity index (χ2n) is 6.95. The minimum atomic E-state index is 0.194. The molecule has 0 unspecified atom stereocenters. The van der Waals surface area contributed by atoms with Gasteiger partial charge in [-0.15, -0.1) is 16.8 Å². The van der Waals surface area contributed by atoms with Crippen molar-refractivity contribution in [2.45, 2.75) is 25.8 Å². The Morgan fingerprint density at radius 1 is 1.07 bits per heavy atom. The highest BCUT2D eigenvalue weighted by atomic mass is 15.3. The van der Waals surface area contributed by atoms with Gasteiger partial charge in [-0.25, -0.2) is 0 Å². The van der Waals surface area contributed by atoms with Crippen LogP contribution in [0.2, 0.25) is 0 Å². The Kier molecular flexibility index (Phi) is 8.21. The van der Waals surface area contributed by atoms with Crippen molar-refractivity contribution >= 4 is 5.96 Å². The Hall–Kier alpha value is -3.41. The molecule has 1 aromatic heterocycles. The summed E-state index contributed by atoms with van der Waals surface area (Å²) in [6.07, 6.45) is 4.47. The quantitative estimate of drug-likeness (QED) is 0.310. The molecule has 1 heterocycles. The zero-order chi connectivity index (χ0) is 21.0. The van der Waals surface area contributed by atoms with Crippen LogP contribution in [0.1, 0.15) is 29.8 Å². The molecular weight excluding hydrogens is 372 g/mol. The van der Waals surface area contributed by atoms with Crippen molar-refractivity contribution in [1.82, 2.24) is 25.4 Å². The van der Waals surface area contributed by atoms with E-state index in [2.05, 4.69) is 87.4 Å². The van der Waals surface area contributed by atoms with Gasteiger partial charge in [0.25, 0.3) is 0 Å². The fourth-order valence-electron chi connectivity index (χ4n) is 3.33. The maximum Gasteiger partial charge on any atom is 0.191 e. The van der Waals surface area contributed by atoms with Gasteiger partial charge in [-0.3, -0.25) is 4.99 Å². The van der Waals surface area contributed by atoms with Crippen molar-refractivity contribution in [2.75, 3.05) is 19.6 Å². The average molecular weight is 403 g/mol. The molecule has 0 radical (unpaired) electrons. The first-order valence-corrected chi connectivity index (χ1v) is 10.4. The van der Waals surface area contributed by atoms with Crippen molar-refractivity contribution in [3.63, 3.8) is 0 Å². The Labute approximate surface area is 178 Å². The number of aromatic nitrogens is 3. The van der Waals surface area contributed by atoms with Crippen molar-refractivity contribution in [2.24, 2.45) is 4.99 Å². The predicted molar refractivity (Wildman–Crippen MR) is 123 cm³/mol. The van der Waals surface area contributed by atoms with E-state index in [1.807, 2.05) is 18.2 Å². The second-order valence-corrected chi connectivity index (χ2v) is 6.95. The smallest absolute Gasteiger partial charge is 0.191 e.